The molecule has 2 fully saturated rings. The van der Waals surface area contributed by atoms with Crippen LogP contribution in [0.15, 0.2) is 39.3 Å². The molecule has 1 aliphatic heterocycles. The second kappa shape index (κ2) is 9.42. The molecule has 0 aromatic carbocycles. The van der Waals surface area contributed by atoms with E-state index in [1.54, 1.807) is 6.92 Å². The smallest absolute Gasteiger partial charge is 0.251 e. The van der Waals surface area contributed by atoms with Crippen molar-refractivity contribution in [3.8, 4) is 0 Å². The summed E-state index contributed by atoms with van der Waals surface area (Å²) in [5.41, 5.74) is 4.28. The molecule has 0 spiro atoms. The molecule has 0 atom stereocenters. The Balaban J connectivity index is 2.05. The standard InChI is InChI=1S/C23H37N5O/c1-15(2)20(18(5)21(25-7)27-23(6)10-11-23)22(29)26-19-8-12-28(13-9-19)17(4)14-16(3)24/h14,19,24,27H,7-13H2,1-6H3,(H,26,29)/b17-14+,21-18-,24-16?. The largest absolute Gasteiger partial charge is 0.375 e. The van der Waals surface area contributed by atoms with Crippen molar-refractivity contribution in [1.29, 1.82) is 5.41 Å². The van der Waals surface area contributed by atoms with E-state index in [2.05, 4.69) is 34.2 Å². The number of carbonyl (C=O) groups is 1. The minimum Gasteiger partial charge on any atom is -0.375 e. The third kappa shape index (κ3) is 6.31. The zero-order valence-corrected chi connectivity index (χ0v) is 18.9. The fraction of sp³-hybridized carbons (Fsp3) is 0.609. The van der Waals surface area contributed by atoms with Crippen LogP contribution in [0.3, 0.4) is 0 Å². The van der Waals surface area contributed by atoms with Crippen molar-refractivity contribution >= 4 is 18.3 Å². The SMILES string of the molecule is C=N/C(NC1(C)CC1)=C(\C)C(C(=O)NC1CCN(/C(C)=C/C(C)=N)CC1)=C(C)C. The number of nitrogens with one attached hydrogen (secondary N) is 3. The van der Waals surface area contributed by atoms with Gasteiger partial charge in [0.25, 0.3) is 5.91 Å². The van der Waals surface area contributed by atoms with Gasteiger partial charge in [0.15, 0.2) is 0 Å². The summed E-state index contributed by atoms with van der Waals surface area (Å²) in [6.07, 6.45) is 5.91. The Morgan fingerprint density at radius 2 is 1.76 bits per heavy atom. The summed E-state index contributed by atoms with van der Waals surface area (Å²) in [6, 6.07) is 0.156. The van der Waals surface area contributed by atoms with Crippen molar-refractivity contribution in [1.82, 2.24) is 15.5 Å². The monoisotopic (exact) mass is 399 g/mol. The quantitative estimate of drug-likeness (QED) is 0.329. The number of likely N-dealkylation sites (tertiary alicyclic amines) is 1. The van der Waals surface area contributed by atoms with Gasteiger partial charge in [0.1, 0.15) is 5.82 Å². The molecule has 3 N–H and O–H groups in total. The van der Waals surface area contributed by atoms with Crippen LogP contribution >= 0.6 is 0 Å². The second-order valence-corrected chi connectivity index (χ2v) is 8.90. The minimum absolute atomic E-state index is 0.0348. The molecule has 1 saturated heterocycles. The van der Waals surface area contributed by atoms with Crippen molar-refractivity contribution in [2.75, 3.05) is 13.1 Å². The molecule has 0 bridgehead atoms. The lowest BCUT2D eigenvalue weighted by atomic mass is 9.99. The van der Waals surface area contributed by atoms with Crippen molar-refractivity contribution in [3.05, 3.63) is 34.3 Å². The van der Waals surface area contributed by atoms with E-state index < -0.39 is 0 Å². The van der Waals surface area contributed by atoms with Crippen LogP contribution in [0, 0.1) is 5.41 Å². The van der Waals surface area contributed by atoms with Gasteiger partial charge in [-0.1, -0.05) is 5.57 Å². The Bertz CT molecular complexity index is 758. The van der Waals surface area contributed by atoms with Crippen LogP contribution in [0.25, 0.3) is 0 Å². The van der Waals surface area contributed by atoms with Crippen LogP contribution in [0.1, 0.15) is 67.2 Å². The molecule has 1 aliphatic carbocycles. The molecule has 29 heavy (non-hydrogen) atoms. The lowest BCUT2D eigenvalue weighted by Crippen LogP contribution is -2.44. The van der Waals surface area contributed by atoms with Gasteiger partial charge in [-0.15, -0.1) is 0 Å². The zero-order chi connectivity index (χ0) is 21.8. The number of hydrogen-bond acceptors (Lipinski definition) is 5. The highest BCUT2D eigenvalue weighted by Gasteiger charge is 2.38. The molecule has 1 heterocycles. The molecule has 6 nitrogen and oxygen atoms in total. The maximum absolute atomic E-state index is 13.1. The fourth-order valence-electron chi connectivity index (χ4n) is 3.78. The van der Waals surface area contributed by atoms with Gasteiger partial charge in [0.05, 0.1) is 0 Å². The highest BCUT2D eigenvalue weighted by molar-refractivity contribution is 5.98. The summed E-state index contributed by atoms with van der Waals surface area (Å²) in [5, 5.41) is 14.3. The van der Waals surface area contributed by atoms with E-state index in [0.717, 1.165) is 55.6 Å². The van der Waals surface area contributed by atoms with E-state index in [0.29, 0.717) is 17.1 Å². The molecule has 0 aromatic heterocycles. The predicted octanol–water partition coefficient (Wildman–Crippen LogP) is 3.92. The zero-order valence-electron chi connectivity index (χ0n) is 18.9. The first-order valence-corrected chi connectivity index (χ1v) is 10.5. The average molecular weight is 400 g/mol. The lowest BCUT2D eigenvalue weighted by molar-refractivity contribution is -0.118. The highest BCUT2D eigenvalue weighted by atomic mass is 16.1. The number of rotatable bonds is 8. The van der Waals surface area contributed by atoms with Crippen LogP contribution in [0.5, 0.6) is 0 Å². The Hall–Kier alpha value is -2.37. The molecule has 2 aliphatic rings. The van der Waals surface area contributed by atoms with Crippen molar-refractivity contribution in [2.45, 2.75) is 78.8 Å². The Labute approximate surface area is 175 Å². The predicted molar refractivity (Wildman–Crippen MR) is 121 cm³/mol. The number of amides is 1. The van der Waals surface area contributed by atoms with Gasteiger partial charge < -0.3 is 20.9 Å². The van der Waals surface area contributed by atoms with E-state index in [-0.39, 0.29) is 17.5 Å². The molecule has 0 radical (unpaired) electrons. The number of piperidine rings is 1. The third-order valence-corrected chi connectivity index (χ3v) is 5.79. The Kier molecular flexibility index (Phi) is 7.44. The van der Waals surface area contributed by atoms with Gasteiger partial charge in [-0.05, 0) is 80.0 Å². The van der Waals surface area contributed by atoms with E-state index in [4.69, 9.17) is 5.41 Å². The van der Waals surface area contributed by atoms with E-state index in [1.807, 2.05) is 33.8 Å². The highest BCUT2D eigenvalue weighted by Crippen LogP contribution is 2.36. The molecular weight excluding hydrogens is 362 g/mol. The molecule has 6 heteroatoms. The van der Waals surface area contributed by atoms with Gasteiger partial charge >= 0.3 is 0 Å². The average Bonchev–Trinajstić information content (AvgIpc) is 3.36. The number of allylic oxidation sites excluding steroid dienone is 3. The summed E-state index contributed by atoms with van der Waals surface area (Å²) in [7, 11) is 0. The first-order valence-electron chi connectivity index (χ1n) is 10.5. The summed E-state index contributed by atoms with van der Waals surface area (Å²) < 4.78 is 0. The van der Waals surface area contributed by atoms with Gasteiger partial charge in [0, 0.05) is 47.2 Å². The molecule has 1 amide bonds. The van der Waals surface area contributed by atoms with Crippen molar-refractivity contribution < 1.29 is 4.79 Å². The fourth-order valence-corrected chi connectivity index (χ4v) is 3.78. The summed E-state index contributed by atoms with van der Waals surface area (Å²) in [4.78, 5) is 19.6. The van der Waals surface area contributed by atoms with Crippen LogP contribution in [-0.4, -0.2) is 47.9 Å². The third-order valence-electron chi connectivity index (χ3n) is 5.79. The van der Waals surface area contributed by atoms with Crippen molar-refractivity contribution in [3.63, 3.8) is 0 Å². The molecule has 0 unspecified atom stereocenters. The molecule has 2 rings (SSSR count). The molecular formula is C23H37N5O. The van der Waals surface area contributed by atoms with Crippen LogP contribution in [0.2, 0.25) is 0 Å². The van der Waals surface area contributed by atoms with Gasteiger partial charge in [-0.3, -0.25) is 4.79 Å². The summed E-state index contributed by atoms with van der Waals surface area (Å²) >= 11 is 0. The topological polar surface area (TPSA) is 80.6 Å². The normalized spacial score (nSPS) is 19.8. The molecule has 0 aromatic rings. The Morgan fingerprint density at radius 1 is 1.17 bits per heavy atom. The second-order valence-electron chi connectivity index (χ2n) is 8.90. The number of nitrogens with zero attached hydrogens (tertiary/aromatic N) is 2. The molecule has 160 valence electrons. The van der Waals surface area contributed by atoms with E-state index in [1.165, 1.54) is 0 Å². The first kappa shape index (κ1) is 22.9. The van der Waals surface area contributed by atoms with E-state index in [9.17, 15) is 4.79 Å². The van der Waals surface area contributed by atoms with Crippen LogP contribution in [0.4, 0.5) is 0 Å². The summed E-state index contributed by atoms with van der Waals surface area (Å²) in [5.74, 6) is 0.668. The van der Waals surface area contributed by atoms with E-state index >= 15 is 0 Å². The molecule has 1 saturated carbocycles. The minimum atomic E-state index is -0.0348. The van der Waals surface area contributed by atoms with Crippen LogP contribution in [-0.2, 0) is 4.79 Å². The maximum Gasteiger partial charge on any atom is 0.251 e. The van der Waals surface area contributed by atoms with Crippen molar-refractivity contribution in [2.24, 2.45) is 4.99 Å². The van der Waals surface area contributed by atoms with Gasteiger partial charge in [-0.25, -0.2) is 4.99 Å². The maximum atomic E-state index is 13.1. The van der Waals surface area contributed by atoms with Gasteiger partial charge in [-0.2, -0.15) is 0 Å². The Morgan fingerprint density at radius 3 is 2.21 bits per heavy atom. The van der Waals surface area contributed by atoms with Gasteiger partial charge in [0.2, 0.25) is 0 Å². The number of aliphatic imine (C=N–C) groups is 1. The lowest BCUT2D eigenvalue weighted by Gasteiger charge is -2.34. The summed E-state index contributed by atoms with van der Waals surface area (Å²) in [6.45, 7) is 17.4. The van der Waals surface area contributed by atoms with Crippen LogP contribution < -0.4 is 10.6 Å². The first-order chi connectivity index (χ1) is 13.6. The number of carbonyl (C=O) groups excluding carboxylic acids is 1. The number of hydrogen-bond donors (Lipinski definition) is 3.